The summed E-state index contributed by atoms with van der Waals surface area (Å²) in [7, 11) is 0. The Bertz CT molecular complexity index is 367. The minimum Gasteiger partial charge on any atom is -0.435 e. The van der Waals surface area contributed by atoms with Crippen molar-refractivity contribution in [3.63, 3.8) is 0 Å². The first-order chi connectivity index (χ1) is 8.56. The molecule has 0 bridgehead atoms. The lowest BCUT2D eigenvalue weighted by molar-refractivity contribution is -0.0499. The third kappa shape index (κ3) is 4.61. The zero-order chi connectivity index (χ0) is 13.5. The molecule has 0 saturated carbocycles. The van der Waals surface area contributed by atoms with E-state index in [1.54, 1.807) is 13.0 Å². The second-order valence-electron chi connectivity index (χ2n) is 4.29. The number of unbranched alkanes of at least 4 members (excludes halogenated alkanes) is 1. The van der Waals surface area contributed by atoms with Crippen LogP contribution in [-0.2, 0) is 6.42 Å². The van der Waals surface area contributed by atoms with E-state index in [0.29, 0.717) is 0 Å². The predicted molar refractivity (Wildman–Crippen MR) is 66.8 cm³/mol. The van der Waals surface area contributed by atoms with Gasteiger partial charge in [0, 0.05) is 5.92 Å². The van der Waals surface area contributed by atoms with E-state index < -0.39 is 6.61 Å². The fourth-order valence-electron chi connectivity index (χ4n) is 1.69. The van der Waals surface area contributed by atoms with Crippen molar-refractivity contribution in [1.29, 1.82) is 0 Å². The van der Waals surface area contributed by atoms with Gasteiger partial charge in [0.15, 0.2) is 0 Å². The Kier molecular flexibility index (Phi) is 6.05. The Hall–Kier alpha value is -1.16. The summed E-state index contributed by atoms with van der Waals surface area (Å²) in [6.45, 7) is 0.927. The number of halogens is 2. The molecule has 0 fully saturated rings. The molecule has 0 spiro atoms. The molecule has 0 atom stereocenters. The lowest BCUT2D eigenvalue weighted by atomic mass is 9.97. The van der Waals surface area contributed by atoms with E-state index in [-0.39, 0.29) is 12.4 Å². The molecule has 1 rings (SSSR count). The number of rotatable bonds is 7. The summed E-state index contributed by atoms with van der Waals surface area (Å²) < 4.78 is 28.9. The van der Waals surface area contributed by atoms with Gasteiger partial charge in [0.2, 0.25) is 0 Å². The minimum absolute atomic E-state index is 0.0919. The number of benzene rings is 1. The van der Waals surface area contributed by atoms with E-state index in [4.69, 9.17) is 5.11 Å². The summed E-state index contributed by atoms with van der Waals surface area (Å²) in [5.74, 6) is 0.897. The molecule has 0 aliphatic carbocycles. The van der Waals surface area contributed by atoms with Gasteiger partial charge < -0.3 is 9.84 Å². The number of aryl methyl sites for hydroxylation is 1. The smallest absolute Gasteiger partial charge is 0.387 e. The van der Waals surface area contributed by atoms with Crippen LogP contribution in [0.5, 0.6) is 5.75 Å². The molecule has 1 aromatic carbocycles. The molecule has 4 heteroatoms. The predicted octanol–water partition coefficient (Wildman–Crippen LogP) is 3.57. The number of alkyl halides is 2. The maximum atomic E-state index is 12.2. The van der Waals surface area contributed by atoms with E-state index in [0.717, 1.165) is 36.3 Å². The Morgan fingerprint density at radius 2 is 2.06 bits per heavy atom. The molecule has 1 radical (unpaired) electrons. The molecule has 0 saturated heterocycles. The van der Waals surface area contributed by atoms with Gasteiger partial charge in [0.25, 0.3) is 0 Å². The van der Waals surface area contributed by atoms with E-state index >= 15 is 0 Å². The maximum Gasteiger partial charge on any atom is 0.387 e. The largest absolute Gasteiger partial charge is 0.435 e. The normalized spacial score (nSPS) is 11.3. The van der Waals surface area contributed by atoms with Gasteiger partial charge in [-0.05, 0) is 36.1 Å². The minimum atomic E-state index is -2.83. The standard InChI is InChI=1S/C14H19F2O2/c1-3-4-5-11-6-12(10(2)9-17)8-13(7-11)18-14(15)16/h6-8,14,17H,3-5,9H2,1-2H3. The highest BCUT2D eigenvalue weighted by Gasteiger charge is 2.11. The van der Waals surface area contributed by atoms with Crippen molar-refractivity contribution in [3.05, 3.63) is 35.2 Å². The highest BCUT2D eigenvalue weighted by atomic mass is 19.3. The van der Waals surface area contributed by atoms with Crippen LogP contribution in [0.15, 0.2) is 18.2 Å². The van der Waals surface area contributed by atoms with Gasteiger partial charge in [-0.15, -0.1) is 0 Å². The number of ether oxygens (including phenoxy) is 1. The van der Waals surface area contributed by atoms with E-state index in [1.165, 1.54) is 6.07 Å². The highest BCUT2D eigenvalue weighted by molar-refractivity contribution is 5.41. The first-order valence-electron chi connectivity index (χ1n) is 6.09. The summed E-state index contributed by atoms with van der Waals surface area (Å²) in [6, 6.07) is 5.09. The van der Waals surface area contributed by atoms with Crippen LogP contribution in [0.1, 0.15) is 37.8 Å². The summed E-state index contributed by atoms with van der Waals surface area (Å²) >= 11 is 0. The third-order valence-corrected chi connectivity index (χ3v) is 2.74. The van der Waals surface area contributed by atoms with Crippen LogP contribution in [0.2, 0.25) is 0 Å². The van der Waals surface area contributed by atoms with Gasteiger partial charge in [0.1, 0.15) is 5.75 Å². The van der Waals surface area contributed by atoms with Crippen molar-refractivity contribution in [2.45, 2.75) is 39.7 Å². The molecule has 2 nitrogen and oxygen atoms in total. The van der Waals surface area contributed by atoms with Crippen LogP contribution in [0.4, 0.5) is 8.78 Å². The fourth-order valence-corrected chi connectivity index (χ4v) is 1.69. The van der Waals surface area contributed by atoms with Crippen LogP contribution >= 0.6 is 0 Å². The molecule has 18 heavy (non-hydrogen) atoms. The van der Waals surface area contributed by atoms with Crippen LogP contribution in [0.25, 0.3) is 0 Å². The highest BCUT2D eigenvalue weighted by Crippen LogP contribution is 2.25. The molecule has 0 aliphatic rings. The van der Waals surface area contributed by atoms with Crippen molar-refractivity contribution in [1.82, 2.24) is 0 Å². The summed E-state index contributed by atoms with van der Waals surface area (Å²) in [5.41, 5.74) is 1.71. The third-order valence-electron chi connectivity index (χ3n) is 2.74. The van der Waals surface area contributed by atoms with Gasteiger partial charge in [-0.1, -0.05) is 26.3 Å². The summed E-state index contributed by atoms with van der Waals surface area (Å²) in [4.78, 5) is 0. The van der Waals surface area contributed by atoms with Gasteiger partial charge in [-0.2, -0.15) is 8.78 Å². The second kappa shape index (κ2) is 7.31. The molecule has 0 unspecified atom stereocenters. The molecular weight excluding hydrogens is 238 g/mol. The number of aliphatic hydroxyl groups is 1. The van der Waals surface area contributed by atoms with Gasteiger partial charge in [-0.3, -0.25) is 0 Å². The summed E-state index contributed by atoms with van der Waals surface area (Å²) in [5, 5.41) is 9.10. The fraction of sp³-hybridized carbons (Fsp3) is 0.500. The van der Waals surface area contributed by atoms with Crippen molar-refractivity contribution in [2.75, 3.05) is 6.61 Å². The average Bonchev–Trinajstić information content (AvgIpc) is 2.34. The first-order valence-corrected chi connectivity index (χ1v) is 6.09. The van der Waals surface area contributed by atoms with E-state index in [2.05, 4.69) is 11.7 Å². The van der Waals surface area contributed by atoms with Crippen LogP contribution < -0.4 is 4.74 Å². The van der Waals surface area contributed by atoms with Gasteiger partial charge in [-0.25, -0.2) is 0 Å². The van der Waals surface area contributed by atoms with Crippen LogP contribution in [-0.4, -0.2) is 18.3 Å². The second-order valence-corrected chi connectivity index (χ2v) is 4.29. The zero-order valence-corrected chi connectivity index (χ0v) is 10.7. The molecule has 1 aromatic rings. The quantitative estimate of drug-likeness (QED) is 0.809. The Balaban J connectivity index is 2.95. The van der Waals surface area contributed by atoms with E-state index in [1.807, 2.05) is 6.07 Å². The lowest BCUT2D eigenvalue weighted by Crippen LogP contribution is -2.06. The maximum absolute atomic E-state index is 12.2. The monoisotopic (exact) mass is 257 g/mol. The topological polar surface area (TPSA) is 29.5 Å². The molecular formula is C14H19F2O2. The molecule has 101 valence electrons. The molecule has 0 aliphatic heterocycles. The SMILES string of the molecule is CCCCc1cc(OC(F)F)cc([C](C)CO)c1. The Morgan fingerprint density at radius 3 is 2.61 bits per heavy atom. The molecule has 1 N–H and O–H groups in total. The lowest BCUT2D eigenvalue weighted by Gasteiger charge is -2.13. The summed E-state index contributed by atoms with van der Waals surface area (Å²) in [6.07, 6.45) is 2.86. The van der Waals surface area contributed by atoms with Crippen molar-refractivity contribution < 1.29 is 18.6 Å². The van der Waals surface area contributed by atoms with E-state index in [9.17, 15) is 8.78 Å². The van der Waals surface area contributed by atoms with Crippen LogP contribution in [0, 0.1) is 5.92 Å². The number of aliphatic hydroxyl groups excluding tert-OH is 1. The Labute approximate surface area is 107 Å². The Morgan fingerprint density at radius 1 is 1.33 bits per heavy atom. The van der Waals surface area contributed by atoms with Crippen molar-refractivity contribution in [2.24, 2.45) is 0 Å². The average molecular weight is 257 g/mol. The molecule has 0 heterocycles. The van der Waals surface area contributed by atoms with Crippen molar-refractivity contribution >= 4 is 0 Å². The van der Waals surface area contributed by atoms with Gasteiger partial charge in [0.05, 0.1) is 6.61 Å². The van der Waals surface area contributed by atoms with Gasteiger partial charge >= 0.3 is 6.61 Å². The van der Waals surface area contributed by atoms with Crippen LogP contribution in [0.3, 0.4) is 0 Å². The van der Waals surface area contributed by atoms with Crippen molar-refractivity contribution in [3.8, 4) is 5.75 Å². The molecule has 0 aromatic heterocycles. The molecule has 0 amide bonds. The first kappa shape index (κ1) is 14.9. The number of hydrogen-bond donors (Lipinski definition) is 1. The number of hydrogen-bond acceptors (Lipinski definition) is 2. The zero-order valence-electron chi connectivity index (χ0n) is 10.7.